The topological polar surface area (TPSA) is 96.5 Å². The van der Waals surface area contributed by atoms with E-state index in [1.54, 1.807) is 11.1 Å². The maximum absolute atomic E-state index is 12.6. The molecule has 1 N–H and O–H groups in total. The van der Waals surface area contributed by atoms with Crippen molar-refractivity contribution in [2.75, 3.05) is 24.7 Å². The molecule has 1 saturated heterocycles. The van der Waals surface area contributed by atoms with Crippen LogP contribution in [0.4, 0.5) is 0 Å². The van der Waals surface area contributed by atoms with Gasteiger partial charge in [-0.25, -0.2) is 8.42 Å². The molecule has 7 nitrogen and oxygen atoms in total. The second-order valence-corrected chi connectivity index (χ2v) is 9.42. The number of aromatic nitrogens is 1. The summed E-state index contributed by atoms with van der Waals surface area (Å²) in [6.07, 6.45) is 3.96. The average molecular weight is 407 g/mol. The fourth-order valence-electron chi connectivity index (χ4n) is 3.57. The number of fused-ring (bicyclic) bond motifs is 1. The number of rotatable bonds is 8. The molecule has 0 unspecified atom stereocenters. The van der Waals surface area contributed by atoms with Gasteiger partial charge in [0.05, 0.1) is 17.9 Å². The summed E-state index contributed by atoms with van der Waals surface area (Å²) in [7, 11) is -3.09. The van der Waals surface area contributed by atoms with Crippen molar-refractivity contribution in [2.45, 2.75) is 38.6 Å². The molecule has 8 heteroatoms. The fraction of sp³-hybridized carbons (Fsp3) is 0.500. The minimum atomic E-state index is -3.09. The molecule has 1 aromatic carbocycles. The van der Waals surface area contributed by atoms with Crippen LogP contribution >= 0.6 is 0 Å². The lowest BCUT2D eigenvalue weighted by Crippen LogP contribution is -2.44. The Morgan fingerprint density at radius 1 is 1.29 bits per heavy atom. The van der Waals surface area contributed by atoms with E-state index >= 15 is 0 Å². The number of ether oxygens (including phenoxy) is 1. The summed E-state index contributed by atoms with van der Waals surface area (Å²) in [6.45, 7) is 2.13. The van der Waals surface area contributed by atoms with Gasteiger partial charge in [0.15, 0.2) is 16.4 Å². The molecule has 0 bridgehead atoms. The van der Waals surface area contributed by atoms with Crippen molar-refractivity contribution in [3.05, 3.63) is 36.0 Å². The van der Waals surface area contributed by atoms with E-state index in [9.17, 15) is 18.0 Å². The number of carbonyl (C=O) groups is 2. The number of H-pyrrole nitrogens is 1. The maximum atomic E-state index is 12.6. The maximum Gasteiger partial charge on any atom is 0.310 e. The molecule has 1 amide bonds. The Balaban J connectivity index is 1.58. The third-order valence-electron chi connectivity index (χ3n) is 5.09. The molecule has 0 aliphatic carbocycles. The Morgan fingerprint density at radius 3 is 2.79 bits per heavy atom. The van der Waals surface area contributed by atoms with Crippen LogP contribution in [0.25, 0.3) is 10.9 Å². The van der Waals surface area contributed by atoms with Crippen LogP contribution in [0.5, 0.6) is 0 Å². The van der Waals surface area contributed by atoms with Crippen molar-refractivity contribution < 1.29 is 22.7 Å². The van der Waals surface area contributed by atoms with E-state index < -0.39 is 15.8 Å². The molecule has 0 radical (unpaired) electrons. The van der Waals surface area contributed by atoms with Crippen LogP contribution in [-0.2, 0) is 30.6 Å². The zero-order chi connectivity index (χ0) is 20.1. The highest BCUT2D eigenvalue weighted by molar-refractivity contribution is 7.91. The first-order chi connectivity index (χ1) is 13.4. The number of nitrogens with zero attached hydrogens (tertiary/aromatic N) is 1. The number of nitrogens with one attached hydrogen (secondary N) is 1. The molecular formula is C20H26N2O5S. The number of aromatic amines is 1. The molecule has 1 atom stereocenters. The van der Waals surface area contributed by atoms with Gasteiger partial charge in [0.25, 0.3) is 5.91 Å². The Morgan fingerprint density at radius 2 is 2.07 bits per heavy atom. The van der Waals surface area contributed by atoms with Gasteiger partial charge in [-0.3, -0.25) is 9.59 Å². The van der Waals surface area contributed by atoms with E-state index in [0.717, 1.165) is 29.3 Å². The van der Waals surface area contributed by atoms with Gasteiger partial charge in [-0.15, -0.1) is 0 Å². The van der Waals surface area contributed by atoms with Crippen molar-refractivity contribution in [1.29, 1.82) is 0 Å². The van der Waals surface area contributed by atoms with Crippen molar-refractivity contribution in [3.63, 3.8) is 0 Å². The fourth-order valence-corrected chi connectivity index (χ4v) is 5.30. The Labute approximate surface area is 165 Å². The standard InChI is InChI=1S/C20H26N2O5S/c1-2-3-9-22(16-8-10-28(25,26)14-16)19(23)13-27-20(24)11-15-12-21-18-7-5-4-6-17(15)18/h4-7,12,16,21H,2-3,8-11,13-14H2,1H3/t16-/m0/s1. The van der Waals surface area contributed by atoms with E-state index in [0.29, 0.717) is 13.0 Å². The summed E-state index contributed by atoms with van der Waals surface area (Å²) >= 11 is 0. The number of benzene rings is 1. The predicted octanol–water partition coefficient (Wildman–Crippen LogP) is 2.07. The van der Waals surface area contributed by atoms with E-state index in [-0.39, 0.29) is 36.5 Å². The molecule has 152 valence electrons. The Kier molecular flexibility index (Phi) is 6.39. The zero-order valence-electron chi connectivity index (χ0n) is 16.0. The van der Waals surface area contributed by atoms with Gasteiger partial charge >= 0.3 is 5.97 Å². The van der Waals surface area contributed by atoms with Gasteiger partial charge in [0.1, 0.15) is 0 Å². The summed E-state index contributed by atoms with van der Waals surface area (Å²) in [5.74, 6) is -0.713. The lowest BCUT2D eigenvalue weighted by atomic mass is 10.1. The molecule has 3 rings (SSSR count). The minimum absolute atomic E-state index is 0.00819. The molecule has 2 heterocycles. The Bertz CT molecular complexity index is 950. The third-order valence-corrected chi connectivity index (χ3v) is 6.84. The van der Waals surface area contributed by atoms with E-state index in [1.165, 1.54) is 0 Å². The second-order valence-electron chi connectivity index (χ2n) is 7.19. The molecule has 1 fully saturated rings. The first-order valence-electron chi connectivity index (χ1n) is 9.60. The van der Waals surface area contributed by atoms with E-state index in [2.05, 4.69) is 4.98 Å². The summed E-state index contributed by atoms with van der Waals surface area (Å²) < 4.78 is 28.7. The molecule has 28 heavy (non-hydrogen) atoms. The quantitative estimate of drug-likeness (QED) is 0.677. The minimum Gasteiger partial charge on any atom is -0.455 e. The van der Waals surface area contributed by atoms with Crippen LogP contribution in [0, 0.1) is 0 Å². The van der Waals surface area contributed by atoms with Crippen molar-refractivity contribution in [3.8, 4) is 0 Å². The molecule has 0 saturated carbocycles. The smallest absolute Gasteiger partial charge is 0.310 e. The predicted molar refractivity (Wildman–Crippen MR) is 107 cm³/mol. The van der Waals surface area contributed by atoms with Gasteiger partial charge < -0.3 is 14.6 Å². The number of sulfone groups is 1. The first kappa shape index (κ1) is 20.4. The number of para-hydroxylation sites is 1. The molecule has 1 aromatic heterocycles. The highest BCUT2D eigenvalue weighted by atomic mass is 32.2. The molecule has 0 spiro atoms. The van der Waals surface area contributed by atoms with Crippen LogP contribution in [0.1, 0.15) is 31.7 Å². The average Bonchev–Trinajstić information content (AvgIpc) is 3.23. The van der Waals surface area contributed by atoms with Crippen LogP contribution < -0.4 is 0 Å². The second kappa shape index (κ2) is 8.77. The number of carbonyl (C=O) groups excluding carboxylic acids is 2. The van der Waals surface area contributed by atoms with Gasteiger partial charge in [-0.1, -0.05) is 31.5 Å². The molecule has 1 aliphatic rings. The largest absolute Gasteiger partial charge is 0.455 e. The van der Waals surface area contributed by atoms with Crippen LogP contribution in [-0.4, -0.2) is 60.9 Å². The summed E-state index contributed by atoms with van der Waals surface area (Å²) in [4.78, 5) is 29.5. The van der Waals surface area contributed by atoms with Crippen molar-refractivity contribution in [2.24, 2.45) is 0 Å². The van der Waals surface area contributed by atoms with Crippen LogP contribution in [0.3, 0.4) is 0 Å². The first-order valence-corrected chi connectivity index (χ1v) is 11.4. The van der Waals surface area contributed by atoms with Crippen LogP contribution in [0.15, 0.2) is 30.5 Å². The van der Waals surface area contributed by atoms with Gasteiger partial charge in [-0.2, -0.15) is 0 Å². The highest BCUT2D eigenvalue weighted by Gasteiger charge is 2.34. The monoisotopic (exact) mass is 406 g/mol. The highest BCUT2D eigenvalue weighted by Crippen LogP contribution is 2.20. The number of esters is 1. The molecular weight excluding hydrogens is 380 g/mol. The molecule has 1 aliphatic heterocycles. The normalized spacial score (nSPS) is 18.2. The lowest BCUT2D eigenvalue weighted by molar-refractivity contribution is -0.152. The van der Waals surface area contributed by atoms with Gasteiger partial charge in [0, 0.05) is 29.7 Å². The summed E-state index contributed by atoms with van der Waals surface area (Å²) in [5, 5.41) is 0.950. The number of hydrogen-bond donors (Lipinski definition) is 1. The van der Waals surface area contributed by atoms with Crippen LogP contribution in [0.2, 0.25) is 0 Å². The summed E-state index contributed by atoms with van der Waals surface area (Å²) in [6, 6.07) is 7.34. The SMILES string of the molecule is CCCCN(C(=O)COC(=O)Cc1c[nH]c2ccccc12)[C@H]1CCS(=O)(=O)C1. The van der Waals surface area contributed by atoms with Crippen molar-refractivity contribution >= 4 is 32.6 Å². The lowest BCUT2D eigenvalue weighted by Gasteiger charge is -2.28. The number of hydrogen-bond acceptors (Lipinski definition) is 5. The van der Waals surface area contributed by atoms with Crippen molar-refractivity contribution in [1.82, 2.24) is 9.88 Å². The van der Waals surface area contributed by atoms with E-state index in [4.69, 9.17) is 4.74 Å². The Hall–Kier alpha value is -2.35. The van der Waals surface area contributed by atoms with Gasteiger partial charge in [-0.05, 0) is 24.5 Å². The van der Waals surface area contributed by atoms with E-state index in [1.807, 2.05) is 31.2 Å². The zero-order valence-corrected chi connectivity index (χ0v) is 16.8. The van der Waals surface area contributed by atoms with Gasteiger partial charge in [0.2, 0.25) is 0 Å². The number of amides is 1. The number of unbranched alkanes of at least 4 members (excludes halogenated alkanes) is 1. The summed E-state index contributed by atoms with van der Waals surface area (Å²) in [5.41, 5.74) is 1.76. The third kappa shape index (κ3) is 4.92. The molecule has 2 aromatic rings.